The van der Waals surface area contributed by atoms with Gasteiger partial charge in [-0.15, -0.1) is 0 Å². The lowest BCUT2D eigenvalue weighted by molar-refractivity contribution is -0.183. The van der Waals surface area contributed by atoms with Gasteiger partial charge in [0.1, 0.15) is 11.2 Å². The lowest BCUT2D eigenvalue weighted by Gasteiger charge is -2.40. The highest BCUT2D eigenvalue weighted by molar-refractivity contribution is 6.13. The Labute approximate surface area is 224 Å². The molecule has 0 aromatic carbocycles. The zero-order chi connectivity index (χ0) is 28.2. The predicted octanol–water partition coefficient (Wildman–Crippen LogP) is 1.42. The van der Waals surface area contributed by atoms with Gasteiger partial charge in [-0.1, -0.05) is 12.8 Å². The fourth-order valence-electron chi connectivity index (χ4n) is 5.73. The first-order chi connectivity index (χ1) is 18.5. The summed E-state index contributed by atoms with van der Waals surface area (Å²) in [4.78, 5) is 88.7. The maximum Gasteiger partial charge on any atom is 0.321 e. The highest BCUT2D eigenvalue weighted by Gasteiger charge is 2.46. The third kappa shape index (κ3) is 6.43. The highest BCUT2D eigenvalue weighted by Crippen LogP contribution is 2.36. The molecule has 4 rings (SSSR count). The Balaban J connectivity index is 1.45. The fourth-order valence-corrected chi connectivity index (χ4v) is 5.73. The first kappa shape index (κ1) is 28.2. The number of nitrogens with zero attached hydrogens (tertiary/aromatic N) is 2. The van der Waals surface area contributed by atoms with Gasteiger partial charge in [-0.05, 0) is 51.4 Å². The van der Waals surface area contributed by atoms with Gasteiger partial charge in [0.2, 0.25) is 0 Å². The van der Waals surface area contributed by atoms with Crippen LogP contribution in [-0.4, -0.2) is 80.7 Å². The van der Waals surface area contributed by atoms with Crippen LogP contribution in [0.4, 0.5) is 0 Å². The average Bonchev–Trinajstić information content (AvgIpc) is 3.38. The number of esters is 2. The maximum absolute atomic E-state index is 13.1. The van der Waals surface area contributed by atoms with E-state index in [-0.39, 0.29) is 13.1 Å². The van der Waals surface area contributed by atoms with Crippen LogP contribution in [0.5, 0.6) is 0 Å². The maximum atomic E-state index is 13.1. The summed E-state index contributed by atoms with van der Waals surface area (Å²) in [6, 6.07) is 0. The summed E-state index contributed by atoms with van der Waals surface area (Å²) < 4.78 is 11.4. The van der Waals surface area contributed by atoms with Crippen LogP contribution in [0.25, 0.3) is 0 Å². The molecule has 1 unspecified atom stereocenters. The number of rotatable bonds is 10. The number of carboxylic acids is 1. The van der Waals surface area contributed by atoms with Gasteiger partial charge in [0, 0.05) is 24.3 Å². The lowest BCUT2D eigenvalue weighted by Crippen LogP contribution is -2.51. The number of carbonyl (C=O) groups is 7. The third-order valence-corrected chi connectivity index (χ3v) is 7.82. The Morgan fingerprint density at radius 1 is 0.692 bits per heavy atom. The molecule has 0 saturated heterocycles. The minimum Gasteiger partial charge on any atom is -0.481 e. The molecule has 2 fully saturated rings. The van der Waals surface area contributed by atoms with Crippen LogP contribution in [0.1, 0.15) is 70.6 Å². The Bertz CT molecular complexity index is 1090. The topological polar surface area (TPSA) is 165 Å². The van der Waals surface area contributed by atoms with Crippen molar-refractivity contribution in [3.63, 3.8) is 0 Å². The number of hydrogen-bond acceptors (Lipinski definition) is 9. The number of imide groups is 2. The zero-order valence-electron chi connectivity index (χ0n) is 21.6. The minimum atomic E-state index is -1.88. The number of aliphatic carboxylic acids is 1. The van der Waals surface area contributed by atoms with E-state index >= 15 is 0 Å². The van der Waals surface area contributed by atoms with Crippen LogP contribution in [0, 0.1) is 5.92 Å². The van der Waals surface area contributed by atoms with Crippen LogP contribution >= 0.6 is 0 Å². The van der Waals surface area contributed by atoms with Gasteiger partial charge < -0.3 is 14.6 Å². The molecule has 1 N–H and O–H groups in total. The summed E-state index contributed by atoms with van der Waals surface area (Å²) in [6.45, 7) is -0.351. The van der Waals surface area contributed by atoms with Crippen LogP contribution in [-0.2, 0) is 43.0 Å². The van der Waals surface area contributed by atoms with Gasteiger partial charge in [-0.25, -0.2) is 0 Å². The summed E-state index contributed by atoms with van der Waals surface area (Å²) in [5.74, 6) is -7.68. The molecule has 39 heavy (non-hydrogen) atoms. The molecule has 2 aliphatic heterocycles. The molecule has 0 aromatic heterocycles. The van der Waals surface area contributed by atoms with Crippen molar-refractivity contribution in [3.05, 3.63) is 24.3 Å². The molecule has 4 amide bonds. The second-order valence-electron chi connectivity index (χ2n) is 10.7. The fraction of sp³-hybridized carbons (Fsp3) is 0.593. The predicted molar refractivity (Wildman–Crippen MR) is 131 cm³/mol. The molecule has 0 bridgehead atoms. The van der Waals surface area contributed by atoms with E-state index < -0.39 is 65.1 Å². The van der Waals surface area contributed by atoms with E-state index in [1.807, 2.05) is 0 Å². The molecule has 210 valence electrons. The molecule has 4 aliphatic rings. The molecule has 2 saturated carbocycles. The van der Waals surface area contributed by atoms with E-state index in [0.29, 0.717) is 51.4 Å². The van der Waals surface area contributed by atoms with Crippen LogP contribution in [0.15, 0.2) is 24.3 Å². The largest absolute Gasteiger partial charge is 0.481 e. The first-order valence-electron chi connectivity index (χ1n) is 13.3. The van der Waals surface area contributed by atoms with Crippen LogP contribution in [0.2, 0.25) is 0 Å². The molecule has 12 nitrogen and oxygen atoms in total. The Hall–Kier alpha value is -3.83. The number of amides is 4. The van der Waals surface area contributed by atoms with Crippen molar-refractivity contribution in [2.24, 2.45) is 5.92 Å². The molecular formula is C27H32N2O10. The van der Waals surface area contributed by atoms with Crippen molar-refractivity contribution in [3.8, 4) is 0 Å². The molecule has 1 atom stereocenters. The third-order valence-electron chi connectivity index (χ3n) is 7.82. The van der Waals surface area contributed by atoms with E-state index in [2.05, 4.69) is 0 Å². The molecule has 2 aliphatic carbocycles. The summed E-state index contributed by atoms with van der Waals surface area (Å²) in [6.07, 6.45) is 9.56. The summed E-state index contributed by atoms with van der Waals surface area (Å²) in [5.41, 5.74) is -2.42. The van der Waals surface area contributed by atoms with E-state index in [1.54, 1.807) is 0 Å². The van der Waals surface area contributed by atoms with Crippen molar-refractivity contribution >= 4 is 41.5 Å². The minimum absolute atomic E-state index is 0.152. The van der Waals surface area contributed by atoms with Crippen molar-refractivity contribution < 1.29 is 48.1 Å². The van der Waals surface area contributed by atoms with Crippen molar-refractivity contribution in [2.45, 2.75) is 81.8 Å². The van der Waals surface area contributed by atoms with Crippen molar-refractivity contribution in [2.75, 3.05) is 13.1 Å². The Morgan fingerprint density at radius 2 is 1.08 bits per heavy atom. The number of hydrogen-bond donors (Lipinski definition) is 1. The molecule has 0 aromatic rings. The molecule has 0 spiro atoms. The van der Waals surface area contributed by atoms with E-state index in [4.69, 9.17) is 9.47 Å². The normalized spacial score (nSPS) is 22.8. The standard InChI is InChI=1S/C27H32N2O10/c30-19-7-8-20(31)28(19)16-26(11-3-1-4-12-26)38-23(34)15-18(24(35)36)25(37)39-27(13-5-2-6-14-27)17-29-21(32)9-10-22(29)33/h7-10,18H,1-6,11-17H2,(H,35,36). The van der Waals surface area contributed by atoms with Gasteiger partial charge in [0.25, 0.3) is 23.6 Å². The molecule has 12 heteroatoms. The highest BCUT2D eigenvalue weighted by atomic mass is 16.6. The van der Waals surface area contributed by atoms with E-state index in [0.717, 1.165) is 46.9 Å². The monoisotopic (exact) mass is 544 g/mol. The van der Waals surface area contributed by atoms with Gasteiger partial charge in [0.05, 0.1) is 19.5 Å². The summed E-state index contributed by atoms with van der Waals surface area (Å²) in [5, 5.41) is 9.80. The SMILES string of the molecule is O=C(CC(C(=O)O)C(=O)OC1(CN2C(=O)C=CC2=O)CCCCC1)OC1(CN2C(=O)C=CC2=O)CCCCC1. The Kier molecular flexibility index (Phi) is 8.31. The van der Waals surface area contributed by atoms with Gasteiger partial charge >= 0.3 is 17.9 Å². The molecule has 2 heterocycles. The van der Waals surface area contributed by atoms with Crippen molar-refractivity contribution in [1.29, 1.82) is 0 Å². The summed E-state index contributed by atoms with van der Waals surface area (Å²) in [7, 11) is 0. The Morgan fingerprint density at radius 3 is 1.46 bits per heavy atom. The van der Waals surface area contributed by atoms with Gasteiger partial charge in [0.15, 0.2) is 5.92 Å². The smallest absolute Gasteiger partial charge is 0.321 e. The first-order valence-corrected chi connectivity index (χ1v) is 13.3. The van der Waals surface area contributed by atoms with E-state index in [9.17, 15) is 38.7 Å². The van der Waals surface area contributed by atoms with Crippen molar-refractivity contribution in [1.82, 2.24) is 9.80 Å². The molecular weight excluding hydrogens is 512 g/mol. The summed E-state index contributed by atoms with van der Waals surface area (Å²) >= 11 is 0. The van der Waals surface area contributed by atoms with E-state index in [1.165, 1.54) is 0 Å². The van der Waals surface area contributed by atoms with Gasteiger partial charge in [-0.3, -0.25) is 43.4 Å². The van der Waals surface area contributed by atoms with Gasteiger partial charge in [-0.2, -0.15) is 0 Å². The average molecular weight is 545 g/mol. The van der Waals surface area contributed by atoms with Crippen LogP contribution in [0.3, 0.4) is 0 Å². The quantitative estimate of drug-likeness (QED) is 0.242. The number of ether oxygens (including phenoxy) is 2. The molecule has 0 radical (unpaired) electrons. The van der Waals surface area contributed by atoms with Crippen LogP contribution < -0.4 is 0 Å². The number of carboxylic acid groups (broad SMARTS) is 1. The number of carbonyl (C=O) groups excluding carboxylic acids is 6. The second-order valence-corrected chi connectivity index (χ2v) is 10.7. The zero-order valence-corrected chi connectivity index (χ0v) is 21.6. The second kappa shape index (κ2) is 11.5. The lowest BCUT2D eigenvalue weighted by atomic mass is 9.83.